The van der Waals surface area contributed by atoms with Crippen LogP contribution in [0.15, 0.2) is 24.4 Å². The van der Waals surface area contributed by atoms with Crippen LogP contribution in [-0.4, -0.2) is 47.4 Å². The van der Waals surface area contributed by atoms with E-state index in [-0.39, 0.29) is 23.5 Å². The fourth-order valence-corrected chi connectivity index (χ4v) is 5.11. The molecule has 1 fully saturated rings. The lowest BCUT2D eigenvalue weighted by Crippen LogP contribution is -2.48. The zero-order chi connectivity index (χ0) is 19.0. The first kappa shape index (κ1) is 18.3. The highest BCUT2D eigenvalue weighted by Gasteiger charge is 2.43. The van der Waals surface area contributed by atoms with Crippen molar-refractivity contribution >= 4 is 23.2 Å². The van der Waals surface area contributed by atoms with Crippen LogP contribution in [0.4, 0.5) is 0 Å². The third-order valence-corrected chi connectivity index (χ3v) is 6.53. The Bertz CT molecular complexity index is 833. The van der Waals surface area contributed by atoms with Gasteiger partial charge in [0.05, 0.1) is 17.1 Å². The molecule has 0 aromatic carbocycles. The maximum Gasteiger partial charge on any atom is 0.270 e. The number of rotatable bonds is 3. The topological polar surface area (TPSA) is 74.4 Å². The van der Waals surface area contributed by atoms with Crippen LogP contribution in [0, 0.1) is 0 Å². The quantitative estimate of drug-likeness (QED) is 0.850. The molecule has 6 nitrogen and oxygen atoms in total. The van der Waals surface area contributed by atoms with Gasteiger partial charge in [-0.15, -0.1) is 11.3 Å². The average Bonchev–Trinajstić information content (AvgIpc) is 3.32. The summed E-state index contributed by atoms with van der Waals surface area (Å²) in [5.74, 6) is 0.0205. The smallest absolute Gasteiger partial charge is 0.270 e. The van der Waals surface area contributed by atoms with E-state index in [1.807, 2.05) is 30.9 Å². The summed E-state index contributed by atoms with van der Waals surface area (Å²) in [4.78, 5) is 31.9. The number of likely N-dealkylation sites (tertiary alicyclic amines) is 1. The first-order chi connectivity index (χ1) is 13.0. The zero-order valence-electron chi connectivity index (χ0n) is 15.7. The molecule has 2 aromatic heterocycles. The second kappa shape index (κ2) is 7.13. The minimum Gasteiger partial charge on any atom is -0.370 e. The fraction of sp³-hybridized carbons (Fsp3) is 0.500. The number of hydrogen-bond donors (Lipinski definition) is 2. The standard InChI is InChI=1S/C20H25N3O3S/c1-13(2)22-18(24)17-12-14-16(27-17)5-11-26-20(14)6-9-23(10-7-20)19(25)15-4-3-8-21-15/h3-4,8,12-13,21H,5-7,9-11H2,1-2H3,(H,22,24). The van der Waals surface area contributed by atoms with E-state index in [9.17, 15) is 9.59 Å². The number of aromatic amines is 1. The lowest BCUT2D eigenvalue weighted by atomic mass is 9.82. The number of thiophene rings is 1. The molecule has 0 unspecified atom stereocenters. The summed E-state index contributed by atoms with van der Waals surface area (Å²) < 4.78 is 6.26. The predicted molar refractivity (Wildman–Crippen MR) is 104 cm³/mol. The molecule has 0 bridgehead atoms. The molecule has 4 heterocycles. The lowest BCUT2D eigenvalue weighted by Gasteiger charge is -2.44. The molecule has 4 rings (SSSR count). The molecule has 0 aliphatic carbocycles. The van der Waals surface area contributed by atoms with Crippen molar-refractivity contribution in [2.45, 2.75) is 44.8 Å². The Morgan fingerprint density at radius 1 is 1.33 bits per heavy atom. The van der Waals surface area contributed by atoms with E-state index < -0.39 is 0 Å². The monoisotopic (exact) mass is 387 g/mol. The van der Waals surface area contributed by atoms with E-state index >= 15 is 0 Å². The normalized spacial score (nSPS) is 18.6. The predicted octanol–water partition coefficient (Wildman–Crippen LogP) is 2.92. The second-order valence-electron chi connectivity index (χ2n) is 7.54. The van der Waals surface area contributed by atoms with Gasteiger partial charge in [-0.1, -0.05) is 0 Å². The van der Waals surface area contributed by atoms with Crippen LogP contribution < -0.4 is 5.32 Å². The number of H-pyrrole nitrogens is 1. The third-order valence-electron chi connectivity index (χ3n) is 5.34. The molecule has 0 atom stereocenters. The van der Waals surface area contributed by atoms with Gasteiger partial charge in [-0.3, -0.25) is 9.59 Å². The molecule has 27 heavy (non-hydrogen) atoms. The number of ether oxygens (including phenoxy) is 1. The van der Waals surface area contributed by atoms with Gasteiger partial charge in [0.25, 0.3) is 11.8 Å². The highest BCUT2D eigenvalue weighted by molar-refractivity contribution is 7.14. The SMILES string of the molecule is CC(C)NC(=O)c1cc2c(s1)CCOC21CCN(C(=O)c2ccc[nH]2)CC1. The van der Waals surface area contributed by atoms with Crippen LogP contribution in [0.3, 0.4) is 0 Å². The Balaban J connectivity index is 1.52. The lowest BCUT2D eigenvalue weighted by molar-refractivity contribution is -0.0926. The summed E-state index contributed by atoms with van der Waals surface area (Å²) in [5, 5.41) is 2.97. The average molecular weight is 388 g/mol. The number of nitrogens with zero attached hydrogens (tertiary/aromatic N) is 1. The van der Waals surface area contributed by atoms with Crippen molar-refractivity contribution in [3.8, 4) is 0 Å². The molecule has 2 N–H and O–H groups in total. The maximum atomic E-state index is 12.6. The third kappa shape index (κ3) is 3.41. The summed E-state index contributed by atoms with van der Waals surface area (Å²) in [7, 11) is 0. The Labute approximate surface area is 162 Å². The molecular formula is C20H25N3O3S. The number of nitrogens with one attached hydrogen (secondary N) is 2. The Morgan fingerprint density at radius 3 is 2.78 bits per heavy atom. The first-order valence-electron chi connectivity index (χ1n) is 9.49. The maximum absolute atomic E-state index is 12.6. The van der Waals surface area contributed by atoms with E-state index in [2.05, 4.69) is 10.3 Å². The van der Waals surface area contributed by atoms with Crippen LogP contribution >= 0.6 is 11.3 Å². The van der Waals surface area contributed by atoms with Gasteiger partial charge in [0.2, 0.25) is 0 Å². The molecular weight excluding hydrogens is 362 g/mol. The van der Waals surface area contributed by atoms with E-state index in [1.165, 1.54) is 4.88 Å². The number of fused-ring (bicyclic) bond motifs is 2. The highest BCUT2D eigenvalue weighted by Crippen LogP contribution is 2.44. The number of hydrogen-bond acceptors (Lipinski definition) is 4. The number of carbonyl (C=O) groups excluding carboxylic acids is 2. The van der Waals surface area contributed by atoms with Gasteiger partial charge in [0.1, 0.15) is 5.69 Å². The van der Waals surface area contributed by atoms with Gasteiger partial charge >= 0.3 is 0 Å². The first-order valence-corrected chi connectivity index (χ1v) is 10.3. The summed E-state index contributed by atoms with van der Waals surface area (Å²) in [6.07, 6.45) is 4.13. The van der Waals surface area contributed by atoms with Crippen LogP contribution in [-0.2, 0) is 16.8 Å². The minimum atomic E-state index is -0.368. The van der Waals surface area contributed by atoms with Crippen molar-refractivity contribution in [1.29, 1.82) is 0 Å². The van der Waals surface area contributed by atoms with E-state index in [0.717, 1.165) is 29.7 Å². The van der Waals surface area contributed by atoms with Gasteiger partial charge in [-0.2, -0.15) is 0 Å². The summed E-state index contributed by atoms with van der Waals surface area (Å²) in [5.41, 5.74) is 1.41. The van der Waals surface area contributed by atoms with E-state index in [4.69, 9.17) is 4.74 Å². The van der Waals surface area contributed by atoms with Crippen LogP contribution in [0.25, 0.3) is 0 Å². The molecule has 2 aliphatic heterocycles. The van der Waals surface area contributed by atoms with Crippen molar-refractivity contribution < 1.29 is 14.3 Å². The zero-order valence-corrected chi connectivity index (χ0v) is 16.5. The Hall–Kier alpha value is -2.12. The number of carbonyl (C=O) groups is 2. The van der Waals surface area contributed by atoms with Crippen molar-refractivity contribution in [3.05, 3.63) is 45.4 Å². The summed E-state index contributed by atoms with van der Waals surface area (Å²) in [6.45, 7) is 5.91. The van der Waals surface area contributed by atoms with Crippen LogP contribution in [0.2, 0.25) is 0 Å². The molecule has 1 spiro atoms. The van der Waals surface area contributed by atoms with E-state index in [1.54, 1.807) is 23.6 Å². The van der Waals surface area contributed by atoms with Gasteiger partial charge in [-0.25, -0.2) is 0 Å². The number of piperidine rings is 1. The fourth-order valence-electron chi connectivity index (χ4n) is 3.98. The largest absolute Gasteiger partial charge is 0.370 e. The van der Waals surface area contributed by atoms with Crippen molar-refractivity contribution in [2.24, 2.45) is 0 Å². The molecule has 1 saturated heterocycles. The molecule has 0 radical (unpaired) electrons. The molecule has 144 valence electrons. The minimum absolute atomic E-state index is 0.0149. The van der Waals surface area contributed by atoms with Crippen molar-refractivity contribution in [2.75, 3.05) is 19.7 Å². The molecule has 2 aliphatic rings. The van der Waals surface area contributed by atoms with Crippen molar-refractivity contribution in [3.63, 3.8) is 0 Å². The molecule has 0 saturated carbocycles. The number of aromatic nitrogens is 1. The highest BCUT2D eigenvalue weighted by atomic mass is 32.1. The molecule has 2 aromatic rings. The number of amides is 2. The van der Waals surface area contributed by atoms with Gasteiger partial charge in [-0.05, 0) is 50.5 Å². The van der Waals surface area contributed by atoms with Crippen LogP contribution in [0.1, 0.15) is 57.3 Å². The molecule has 2 amide bonds. The van der Waals surface area contributed by atoms with Crippen LogP contribution in [0.5, 0.6) is 0 Å². The summed E-state index contributed by atoms with van der Waals surface area (Å²) >= 11 is 1.58. The van der Waals surface area contributed by atoms with E-state index in [0.29, 0.717) is 25.4 Å². The van der Waals surface area contributed by atoms with Gasteiger partial charge < -0.3 is 19.9 Å². The molecule has 7 heteroatoms. The summed E-state index contributed by atoms with van der Waals surface area (Å²) in [6, 6.07) is 5.77. The Kier molecular flexibility index (Phi) is 4.82. The van der Waals surface area contributed by atoms with Gasteiger partial charge in [0, 0.05) is 36.6 Å². The Morgan fingerprint density at radius 2 is 2.11 bits per heavy atom. The van der Waals surface area contributed by atoms with Gasteiger partial charge in [0.15, 0.2) is 0 Å². The van der Waals surface area contributed by atoms with Crippen molar-refractivity contribution in [1.82, 2.24) is 15.2 Å². The second-order valence-corrected chi connectivity index (χ2v) is 8.68.